The van der Waals surface area contributed by atoms with Crippen LogP contribution in [0.15, 0.2) is 44.6 Å². The van der Waals surface area contributed by atoms with Gasteiger partial charge in [0.1, 0.15) is 11.6 Å². The van der Waals surface area contributed by atoms with Gasteiger partial charge in [0, 0.05) is 51.2 Å². The molecule has 1 N–H and O–H groups in total. The molecule has 0 atom stereocenters. The molecule has 1 aliphatic heterocycles. The zero-order valence-corrected chi connectivity index (χ0v) is 20.2. The molecule has 4 aromatic heterocycles. The van der Waals surface area contributed by atoms with E-state index in [4.69, 9.17) is 14.5 Å². The van der Waals surface area contributed by atoms with Crippen LogP contribution >= 0.6 is 0 Å². The number of benzene rings is 1. The lowest BCUT2D eigenvalue weighted by atomic mass is 10.1. The molecule has 0 spiro atoms. The Kier molecular flexibility index (Phi) is 5.39. The molecule has 36 heavy (non-hydrogen) atoms. The summed E-state index contributed by atoms with van der Waals surface area (Å²) >= 11 is 0. The number of imidazole rings is 2. The number of nitrogens with one attached hydrogen (secondary N) is 1. The summed E-state index contributed by atoms with van der Waals surface area (Å²) in [5.74, 6) is 2.82. The molecule has 0 bridgehead atoms. The maximum Gasteiger partial charge on any atom is 0.330 e. The lowest BCUT2D eigenvalue weighted by molar-refractivity contribution is 0.394. The maximum absolute atomic E-state index is 13.0. The van der Waals surface area contributed by atoms with Gasteiger partial charge in [-0.15, -0.1) is 0 Å². The van der Waals surface area contributed by atoms with Gasteiger partial charge in [-0.1, -0.05) is 29.4 Å². The minimum Gasteiger partial charge on any atom is -0.339 e. The van der Waals surface area contributed by atoms with Crippen molar-refractivity contribution in [3.63, 3.8) is 0 Å². The number of aromatic nitrogens is 8. The van der Waals surface area contributed by atoms with Crippen LogP contribution < -0.4 is 11.2 Å². The highest BCUT2D eigenvalue weighted by atomic mass is 16.5. The molecule has 1 aliphatic rings. The second-order valence-corrected chi connectivity index (χ2v) is 9.10. The monoisotopic (exact) mass is 486 g/mol. The topological polar surface area (TPSA) is 129 Å². The first kappa shape index (κ1) is 22.2. The van der Waals surface area contributed by atoms with Crippen LogP contribution in [-0.2, 0) is 32.5 Å². The van der Waals surface area contributed by atoms with E-state index in [1.165, 1.54) is 4.57 Å². The Morgan fingerprint density at radius 2 is 1.89 bits per heavy atom. The van der Waals surface area contributed by atoms with E-state index in [-0.39, 0.29) is 0 Å². The van der Waals surface area contributed by atoms with Crippen molar-refractivity contribution in [2.45, 2.75) is 59.2 Å². The summed E-state index contributed by atoms with van der Waals surface area (Å²) in [5, 5.41) is 3.97. The van der Waals surface area contributed by atoms with Crippen molar-refractivity contribution < 1.29 is 4.52 Å². The molecule has 0 fully saturated rings. The Labute approximate surface area is 205 Å². The molecule has 0 unspecified atom stereocenters. The Balaban J connectivity index is 1.42. The van der Waals surface area contributed by atoms with E-state index < -0.39 is 11.2 Å². The average Bonchev–Trinajstić information content (AvgIpc) is 3.57. The minimum absolute atomic E-state index is 0.383. The van der Waals surface area contributed by atoms with Crippen molar-refractivity contribution in [3.8, 4) is 11.4 Å². The van der Waals surface area contributed by atoms with E-state index in [0.717, 1.165) is 48.5 Å². The van der Waals surface area contributed by atoms with Crippen LogP contribution in [0.4, 0.5) is 0 Å². The second kappa shape index (κ2) is 8.74. The number of aryl methyl sites for hydroxylation is 4. The molecular formula is C25H26N8O3. The molecular weight excluding hydrogens is 460 g/mol. The second-order valence-electron chi connectivity index (χ2n) is 9.10. The van der Waals surface area contributed by atoms with Crippen LogP contribution in [0, 0.1) is 6.92 Å². The Hall–Kier alpha value is -4.28. The quantitative estimate of drug-likeness (QED) is 0.390. The number of fused-ring (bicyclic) bond motifs is 2. The average molecular weight is 487 g/mol. The molecule has 0 radical (unpaired) electrons. The molecule has 11 nitrogen and oxygen atoms in total. The van der Waals surface area contributed by atoms with Gasteiger partial charge in [0.25, 0.3) is 5.56 Å². The Bertz CT molecular complexity index is 1660. The first-order chi connectivity index (χ1) is 17.5. The van der Waals surface area contributed by atoms with E-state index >= 15 is 0 Å². The van der Waals surface area contributed by atoms with Crippen molar-refractivity contribution in [2.24, 2.45) is 0 Å². The number of rotatable bonds is 6. The van der Waals surface area contributed by atoms with E-state index in [2.05, 4.69) is 25.9 Å². The van der Waals surface area contributed by atoms with Crippen LogP contribution in [0.1, 0.15) is 48.6 Å². The molecule has 0 amide bonds. The lowest BCUT2D eigenvalue weighted by Crippen LogP contribution is -2.30. The molecule has 0 saturated heterocycles. The predicted octanol–water partition coefficient (Wildman–Crippen LogP) is 2.44. The highest BCUT2D eigenvalue weighted by Crippen LogP contribution is 2.21. The van der Waals surface area contributed by atoms with Crippen molar-refractivity contribution >= 4 is 11.2 Å². The molecule has 0 aliphatic carbocycles. The van der Waals surface area contributed by atoms with Crippen molar-refractivity contribution in [3.05, 3.63) is 80.1 Å². The summed E-state index contributed by atoms with van der Waals surface area (Å²) in [7, 11) is 0. The van der Waals surface area contributed by atoms with Gasteiger partial charge in [-0.3, -0.25) is 14.3 Å². The fourth-order valence-electron chi connectivity index (χ4n) is 4.89. The Morgan fingerprint density at radius 1 is 1.06 bits per heavy atom. The summed E-state index contributed by atoms with van der Waals surface area (Å²) in [6, 6.07) is 7.79. The fraction of sp³-hybridized carbons (Fsp3) is 0.360. The summed E-state index contributed by atoms with van der Waals surface area (Å²) in [4.78, 5) is 41.8. The molecule has 5 aromatic rings. The van der Waals surface area contributed by atoms with Crippen LogP contribution in [0.5, 0.6) is 0 Å². The lowest BCUT2D eigenvalue weighted by Gasteiger charge is -2.11. The third-order valence-corrected chi connectivity index (χ3v) is 6.66. The summed E-state index contributed by atoms with van der Waals surface area (Å²) in [5.41, 5.74) is 2.60. The van der Waals surface area contributed by atoms with E-state index in [1.807, 2.05) is 35.8 Å². The van der Waals surface area contributed by atoms with Gasteiger partial charge in [0.2, 0.25) is 11.7 Å². The van der Waals surface area contributed by atoms with Crippen LogP contribution in [0.25, 0.3) is 22.6 Å². The summed E-state index contributed by atoms with van der Waals surface area (Å²) in [6.45, 7) is 5.40. The normalized spacial score (nSPS) is 13.4. The standard InChI is InChI=1S/C25H26N8O3/c1-3-32-23-21(24(34)29-25(32)35)33(13-16-7-9-17(10-8-16)22-26-15(2)36-30-22)20(28-23)12-18-14-31-11-5-4-6-19(31)27-18/h7-10,14H,3-6,11-13H2,1-2H3,(H,29,34,35). The molecule has 0 saturated carbocycles. The van der Waals surface area contributed by atoms with Gasteiger partial charge < -0.3 is 13.7 Å². The Morgan fingerprint density at radius 3 is 2.61 bits per heavy atom. The van der Waals surface area contributed by atoms with Gasteiger partial charge in [-0.25, -0.2) is 14.8 Å². The van der Waals surface area contributed by atoms with Crippen molar-refractivity contribution in [1.82, 2.24) is 38.8 Å². The zero-order chi connectivity index (χ0) is 24.8. The smallest absolute Gasteiger partial charge is 0.330 e. The third kappa shape index (κ3) is 3.86. The number of hydrogen-bond donors (Lipinski definition) is 1. The zero-order valence-electron chi connectivity index (χ0n) is 20.2. The van der Waals surface area contributed by atoms with Crippen LogP contribution in [0.3, 0.4) is 0 Å². The molecule has 1 aromatic carbocycles. The number of hydrogen-bond acceptors (Lipinski definition) is 7. The van der Waals surface area contributed by atoms with Gasteiger partial charge >= 0.3 is 5.69 Å². The first-order valence-corrected chi connectivity index (χ1v) is 12.2. The summed E-state index contributed by atoms with van der Waals surface area (Å²) < 4.78 is 10.7. The van der Waals surface area contributed by atoms with Crippen molar-refractivity contribution in [2.75, 3.05) is 0 Å². The van der Waals surface area contributed by atoms with Gasteiger partial charge in [0.05, 0.1) is 5.69 Å². The van der Waals surface area contributed by atoms with E-state index in [0.29, 0.717) is 48.2 Å². The van der Waals surface area contributed by atoms with E-state index in [1.54, 1.807) is 6.92 Å². The number of aromatic amines is 1. The first-order valence-electron chi connectivity index (χ1n) is 12.2. The highest BCUT2D eigenvalue weighted by Gasteiger charge is 2.21. The van der Waals surface area contributed by atoms with Gasteiger partial charge in [-0.2, -0.15) is 4.98 Å². The third-order valence-electron chi connectivity index (χ3n) is 6.66. The predicted molar refractivity (Wildman–Crippen MR) is 132 cm³/mol. The van der Waals surface area contributed by atoms with Crippen LogP contribution in [0.2, 0.25) is 0 Å². The SMILES string of the molecule is CCn1c(=O)[nH]c(=O)c2c1nc(Cc1cn3c(n1)CCCC3)n2Cc1ccc(-c2noc(C)n2)cc1. The van der Waals surface area contributed by atoms with Gasteiger partial charge in [-0.05, 0) is 25.3 Å². The molecule has 11 heteroatoms. The fourth-order valence-corrected chi connectivity index (χ4v) is 4.89. The van der Waals surface area contributed by atoms with Crippen molar-refractivity contribution in [1.29, 1.82) is 0 Å². The molecule has 6 rings (SSSR count). The summed E-state index contributed by atoms with van der Waals surface area (Å²) in [6.07, 6.45) is 5.81. The molecule has 184 valence electrons. The minimum atomic E-state index is -0.455. The highest BCUT2D eigenvalue weighted by molar-refractivity contribution is 5.71. The van der Waals surface area contributed by atoms with E-state index in [9.17, 15) is 9.59 Å². The number of nitrogens with zero attached hydrogens (tertiary/aromatic N) is 7. The van der Waals surface area contributed by atoms with Crippen LogP contribution in [-0.4, -0.2) is 38.8 Å². The van der Waals surface area contributed by atoms with Gasteiger partial charge in [0.15, 0.2) is 11.2 Å². The maximum atomic E-state index is 13.0. The molecule has 5 heterocycles. The number of H-pyrrole nitrogens is 1. The largest absolute Gasteiger partial charge is 0.339 e.